The Morgan fingerprint density at radius 1 is 1.24 bits per heavy atom. The van der Waals surface area contributed by atoms with Gasteiger partial charge in [-0.25, -0.2) is 0 Å². The van der Waals surface area contributed by atoms with Gasteiger partial charge in [-0.15, -0.1) is 0 Å². The summed E-state index contributed by atoms with van der Waals surface area (Å²) >= 11 is 0. The fraction of sp³-hybridized carbons (Fsp3) is 0.500. The number of aliphatic imine (C=N–C) groups is 1. The van der Waals surface area contributed by atoms with E-state index >= 15 is 0 Å². The van der Waals surface area contributed by atoms with Gasteiger partial charge in [0, 0.05) is 25.0 Å². The molecule has 0 fully saturated rings. The standard InChI is InChI=1S/C24H36N4O/c1-5-7-14-27(4)15-12-21-17-25-20(3)28(18-21)16-13-22(6-2)23-8-10-24(11-9-23)26-19-29/h8-11,13,18-19H,5-7,12,14-17H2,1-4H3,(H,26,29)/b22-13+. The van der Waals surface area contributed by atoms with Gasteiger partial charge in [0.25, 0.3) is 0 Å². The molecule has 0 atom stereocenters. The van der Waals surface area contributed by atoms with Gasteiger partial charge in [0.1, 0.15) is 5.84 Å². The van der Waals surface area contributed by atoms with Gasteiger partial charge in [-0.2, -0.15) is 0 Å². The molecule has 158 valence electrons. The molecule has 0 aromatic heterocycles. The Bertz CT molecular complexity index is 734. The van der Waals surface area contributed by atoms with Gasteiger partial charge in [-0.3, -0.25) is 9.79 Å². The molecule has 1 aliphatic heterocycles. The van der Waals surface area contributed by atoms with Crippen molar-refractivity contribution in [1.82, 2.24) is 9.80 Å². The second-order valence-electron chi connectivity index (χ2n) is 7.63. The topological polar surface area (TPSA) is 47.9 Å². The Balaban J connectivity index is 1.99. The Kier molecular flexibility index (Phi) is 9.65. The number of benzene rings is 1. The highest BCUT2D eigenvalue weighted by Gasteiger charge is 2.12. The van der Waals surface area contributed by atoms with E-state index in [9.17, 15) is 4.79 Å². The summed E-state index contributed by atoms with van der Waals surface area (Å²) in [7, 11) is 2.21. The minimum Gasteiger partial charge on any atom is -0.333 e. The van der Waals surface area contributed by atoms with Gasteiger partial charge in [-0.05, 0) is 68.6 Å². The van der Waals surface area contributed by atoms with Crippen molar-refractivity contribution in [2.45, 2.75) is 46.5 Å². The van der Waals surface area contributed by atoms with Gasteiger partial charge in [0.2, 0.25) is 6.41 Å². The van der Waals surface area contributed by atoms with E-state index in [1.807, 2.05) is 12.1 Å². The number of anilines is 1. The molecule has 1 amide bonds. The molecule has 0 aliphatic carbocycles. The smallest absolute Gasteiger partial charge is 0.211 e. The third-order valence-electron chi connectivity index (χ3n) is 5.37. The number of carbonyl (C=O) groups is 1. The molecule has 0 bridgehead atoms. The molecule has 0 saturated heterocycles. The number of unbranched alkanes of at least 4 members (excludes halogenated alkanes) is 1. The number of amides is 1. The van der Waals surface area contributed by atoms with Crippen LogP contribution in [0.1, 0.15) is 52.0 Å². The van der Waals surface area contributed by atoms with Crippen molar-refractivity contribution in [3.63, 3.8) is 0 Å². The van der Waals surface area contributed by atoms with Crippen LogP contribution in [0.4, 0.5) is 5.69 Å². The van der Waals surface area contributed by atoms with Crippen LogP contribution in [-0.2, 0) is 4.79 Å². The summed E-state index contributed by atoms with van der Waals surface area (Å²) in [6, 6.07) is 8.00. The summed E-state index contributed by atoms with van der Waals surface area (Å²) in [6.45, 7) is 10.4. The molecule has 5 heteroatoms. The van der Waals surface area contributed by atoms with E-state index in [0.29, 0.717) is 6.41 Å². The number of allylic oxidation sites excluding steroid dienone is 1. The second kappa shape index (κ2) is 12.2. The van der Waals surface area contributed by atoms with Crippen molar-refractivity contribution in [2.75, 3.05) is 38.5 Å². The lowest BCUT2D eigenvalue weighted by Crippen LogP contribution is -2.29. The van der Waals surface area contributed by atoms with Crippen LogP contribution < -0.4 is 5.32 Å². The van der Waals surface area contributed by atoms with Gasteiger partial charge in [0.15, 0.2) is 0 Å². The summed E-state index contributed by atoms with van der Waals surface area (Å²) in [5.41, 5.74) is 4.71. The normalized spacial score (nSPS) is 14.7. The van der Waals surface area contributed by atoms with E-state index in [1.165, 1.54) is 36.1 Å². The molecule has 1 heterocycles. The fourth-order valence-electron chi connectivity index (χ4n) is 3.39. The summed E-state index contributed by atoms with van der Waals surface area (Å²) in [5.74, 6) is 1.07. The predicted molar refractivity (Wildman–Crippen MR) is 124 cm³/mol. The van der Waals surface area contributed by atoms with Crippen molar-refractivity contribution in [3.05, 3.63) is 47.7 Å². The zero-order valence-corrected chi connectivity index (χ0v) is 18.4. The number of hydrogen-bond acceptors (Lipinski definition) is 4. The van der Waals surface area contributed by atoms with Crippen molar-refractivity contribution in [1.29, 1.82) is 0 Å². The van der Waals surface area contributed by atoms with Crippen molar-refractivity contribution in [3.8, 4) is 0 Å². The summed E-state index contributed by atoms with van der Waals surface area (Å²) < 4.78 is 0. The molecular weight excluding hydrogens is 360 g/mol. The first-order valence-corrected chi connectivity index (χ1v) is 10.7. The van der Waals surface area contributed by atoms with Gasteiger partial charge >= 0.3 is 0 Å². The quantitative estimate of drug-likeness (QED) is 0.517. The molecule has 0 radical (unpaired) electrons. The zero-order chi connectivity index (χ0) is 21.1. The maximum absolute atomic E-state index is 10.6. The van der Waals surface area contributed by atoms with Crippen molar-refractivity contribution in [2.24, 2.45) is 4.99 Å². The Morgan fingerprint density at radius 3 is 2.66 bits per heavy atom. The van der Waals surface area contributed by atoms with Crippen LogP contribution in [0.25, 0.3) is 5.57 Å². The monoisotopic (exact) mass is 396 g/mol. The molecule has 2 rings (SSSR count). The zero-order valence-electron chi connectivity index (χ0n) is 18.4. The molecule has 0 unspecified atom stereocenters. The van der Waals surface area contributed by atoms with Crippen molar-refractivity contribution >= 4 is 23.5 Å². The lowest BCUT2D eigenvalue weighted by Gasteiger charge is -2.26. The van der Waals surface area contributed by atoms with Gasteiger partial charge in [-0.1, -0.05) is 38.5 Å². The number of carbonyl (C=O) groups excluding carboxylic acids is 1. The molecule has 0 spiro atoms. The number of amidine groups is 1. The molecule has 1 aromatic rings. The fourth-order valence-corrected chi connectivity index (χ4v) is 3.39. The first kappa shape index (κ1) is 22.9. The molecule has 5 nitrogen and oxygen atoms in total. The van der Waals surface area contributed by atoms with E-state index < -0.39 is 0 Å². The highest BCUT2D eigenvalue weighted by Crippen LogP contribution is 2.21. The Hall–Kier alpha value is -2.40. The molecule has 1 N–H and O–H groups in total. The largest absolute Gasteiger partial charge is 0.333 e. The highest BCUT2D eigenvalue weighted by atomic mass is 16.1. The van der Waals surface area contributed by atoms with E-state index in [-0.39, 0.29) is 0 Å². The van der Waals surface area contributed by atoms with E-state index in [0.717, 1.165) is 44.0 Å². The lowest BCUT2D eigenvalue weighted by atomic mass is 10.0. The minimum absolute atomic E-state index is 0.704. The Labute approximate surface area is 176 Å². The lowest BCUT2D eigenvalue weighted by molar-refractivity contribution is -0.105. The molecule has 1 aromatic carbocycles. The molecule has 0 saturated carbocycles. The SMILES string of the molecule is CCCCN(C)CCC1=CN(C/C=C(\CC)c2ccc(NC=O)cc2)C(C)=NC1. The molecular formula is C24H36N4O. The minimum atomic E-state index is 0.704. The van der Waals surface area contributed by atoms with Crippen molar-refractivity contribution < 1.29 is 4.79 Å². The highest BCUT2D eigenvalue weighted by molar-refractivity contribution is 5.82. The number of nitrogens with one attached hydrogen (secondary N) is 1. The average molecular weight is 397 g/mol. The van der Waals surface area contributed by atoms with Crippen LogP contribution in [0, 0.1) is 0 Å². The average Bonchev–Trinajstić information content (AvgIpc) is 2.74. The van der Waals surface area contributed by atoms with E-state index in [2.05, 4.69) is 67.3 Å². The van der Waals surface area contributed by atoms with Crippen LogP contribution in [0.2, 0.25) is 0 Å². The second-order valence-corrected chi connectivity index (χ2v) is 7.63. The van der Waals surface area contributed by atoms with E-state index in [1.54, 1.807) is 0 Å². The van der Waals surface area contributed by atoms with Crippen LogP contribution in [0.15, 0.2) is 47.1 Å². The number of hydrogen-bond donors (Lipinski definition) is 1. The van der Waals surface area contributed by atoms with E-state index in [4.69, 9.17) is 4.99 Å². The first-order valence-electron chi connectivity index (χ1n) is 10.7. The maximum atomic E-state index is 10.6. The summed E-state index contributed by atoms with van der Waals surface area (Å²) in [6.07, 6.45) is 9.81. The van der Waals surface area contributed by atoms with Crippen LogP contribution >= 0.6 is 0 Å². The molecule has 29 heavy (non-hydrogen) atoms. The van der Waals surface area contributed by atoms with Crippen LogP contribution in [-0.4, -0.2) is 55.3 Å². The molecule has 1 aliphatic rings. The summed E-state index contributed by atoms with van der Waals surface area (Å²) in [5, 5.41) is 2.68. The summed E-state index contributed by atoms with van der Waals surface area (Å²) in [4.78, 5) is 20.0. The maximum Gasteiger partial charge on any atom is 0.211 e. The number of nitrogens with zero attached hydrogens (tertiary/aromatic N) is 3. The first-order chi connectivity index (χ1) is 14.1. The third kappa shape index (κ3) is 7.50. The predicted octanol–water partition coefficient (Wildman–Crippen LogP) is 4.79. The van der Waals surface area contributed by atoms with Crippen LogP contribution in [0.3, 0.4) is 0 Å². The van der Waals surface area contributed by atoms with Gasteiger partial charge in [0.05, 0.1) is 6.54 Å². The number of rotatable bonds is 12. The van der Waals surface area contributed by atoms with Gasteiger partial charge < -0.3 is 15.1 Å². The van der Waals surface area contributed by atoms with Crippen LogP contribution in [0.5, 0.6) is 0 Å². The Morgan fingerprint density at radius 2 is 2.00 bits per heavy atom. The third-order valence-corrected chi connectivity index (χ3v) is 5.37.